The first-order valence-corrected chi connectivity index (χ1v) is 12.5. The highest BCUT2D eigenvalue weighted by Crippen LogP contribution is 2.55. The lowest BCUT2D eigenvalue weighted by Crippen LogP contribution is -2.41. The van der Waals surface area contributed by atoms with Crippen molar-refractivity contribution in [2.24, 2.45) is 0 Å². The molecule has 36 heavy (non-hydrogen) atoms. The number of rotatable bonds is 5. The van der Waals surface area contributed by atoms with E-state index in [0.717, 1.165) is 49.5 Å². The molecule has 192 valence electrons. The van der Waals surface area contributed by atoms with Gasteiger partial charge < -0.3 is 28.4 Å². The zero-order valence-electron chi connectivity index (χ0n) is 21.1. The third-order valence-electron chi connectivity index (χ3n) is 7.91. The van der Waals surface area contributed by atoms with E-state index in [4.69, 9.17) is 28.4 Å². The van der Waals surface area contributed by atoms with Crippen LogP contribution in [0.3, 0.4) is 0 Å². The molecule has 5 aliphatic rings. The summed E-state index contributed by atoms with van der Waals surface area (Å²) in [4.78, 5) is 17.9. The van der Waals surface area contributed by atoms with Crippen molar-refractivity contribution in [3.8, 4) is 17.2 Å². The standard InChI is InChI=1S/C27H32N2O7/c1-5-15-20-24(32-4)18(31-3)13-33-25-19-16(8-11-28(2)21(19)22(15)36-27(20)30)17(12-29-9-6-7-10-29)23-26(25)35-14-34-23/h5,21-22H,1,6-14H2,2-4H3. The number of benzene rings is 1. The van der Waals surface area contributed by atoms with Gasteiger partial charge in [0.15, 0.2) is 23.0 Å². The first-order valence-electron chi connectivity index (χ1n) is 12.5. The molecule has 2 bridgehead atoms. The van der Waals surface area contributed by atoms with Gasteiger partial charge in [0.2, 0.25) is 12.5 Å². The average molecular weight is 497 g/mol. The van der Waals surface area contributed by atoms with Crippen LogP contribution in [0.5, 0.6) is 17.2 Å². The maximum atomic E-state index is 13.2. The first-order chi connectivity index (χ1) is 17.6. The van der Waals surface area contributed by atoms with Gasteiger partial charge in [0.1, 0.15) is 18.3 Å². The Morgan fingerprint density at radius 3 is 2.56 bits per heavy atom. The Bertz CT molecular complexity index is 1180. The summed E-state index contributed by atoms with van der Waals surface area (Å²) in [5.74, 6) is 2.19. The van der Waals surface area contributed by atoms with Crippen molar-refractivity contribution in [1.82, 2.24) is 9.80 Å². The van der Waals surface area contributed by atoms with Gasteiger partial charge in [-0.15, -0.1) is 0 Å². The van der Waals surface area contributed by atoms with E-state index in [2.05, 4.69) is 16.4 Å². The fraction of sp³-hybridized carbons (Fsp3) is 0.519. The lowest BCUT2D eigenvalue weighted by molar-refractivity contribution is -0.142. The van der Waals surface area contributed by atoms with Gasteiger partial charge in [-0.05, 0) is 45.0 Å². The second-order valence-corrected chi connectivity index (χ2v) is 9.73. The number of nitrogens with zero attached hydrogens (tertiary/aromatic N) is 2. The van der Waals surface area contributed by atoms with Crippen LogP contribution in [0.4, 0.5) is 0 Å². The predicted octanol–water partition coefficient (Wildman–Crippen LogP) is 2.84. The SMILES string of the molecule is C=CC1=C2C(=O)OC1C1c3c(c(CN4CCCC4)c4c(c3OCC(OC)=C2OC)OCO4)CCN1C. The minimum Gasteiger partial charge on any atom is -0.494 e. The predicted molar refractivity (Wildman–Crippen MR) is 130 cm³/mol. The van der Waals surface area contributed by atoms with Crippen LogP contribution in [0, 0.1) is 0 Å². The number of fused-ring (bicyclic) bond motifs is 4. The van der Waals surface area contributed by atoms with Crippen LogP contribution in [-0.2, 0) is 32.0 Å². The van der Waals surface area contributed by atoms with Gasteiger partial charge in [0.05, 0.1) is 20.3 Å². The lowest BCUT2D eigenvalue weighted by Gasteiger charge is -2.40. The van der Waals surface area contributed by atoms with Gasteiger partial charge in [-0.3, -0.25) is 9.80 Å². The summed E-state index contributed by atoms with van der Waals surface area (Å²) in [5.41, 5.74) is 4.34. The van der Waals surface area contributed by atoms with Crippen LogP contribution in [0.15, 0.2) is 35.3 Å². The molecule has 0 radical (unpaired) electrons. The van der Waals surface area contributed by atoms with E-state index in [1.165, 1.54) is 32.6 Å². The van der Waals surface area contributed by atoms with Crippen molar-refractivity contribution in [3.63, 3.8) is 0 Å². The molecule has 1 aromatic carbocycles. The van der Waals surface area contributed by atoms with Gasteiger partial charge in [0, 0.05) is 29.8 Å². The molecule has 0 saturated carbocycles. The maximum Gasteiger partial charge on any atom is 0.343 e. The van der Waals surface area contributed by atoms with Gasteiger partial charge in [-0.2, -0.15) is 0 Å². The van der Waals surface area contributed by atoms with Crippen LogP contribution < -0.4 is 14.2 Å². The van der Waals surface area contributed by atoms with Gasteiger partial charge in [-0.25, -0.2) is 4.79 Å². The number of ether oxygens (including phenoxy) is 6. The smallest absolute Gasteiger partial charge is 0.343 e. The summed E-state index contributed by atoms with van der Waals surface area (Å²) in [6, 6.07) is -0.285. The molecule has 0 aliphatic carbocycles. The van der Waals surface area contributed by atoms with E-state index in [1.807, 2.05) is 7.05 Å². The topological polar surface area (TPSA) is 78.9 Å². The van der Waals surface area contributed by atoms with E-state index in [0.29, 0.717) is 34.2 Å². The average Bonchev–Trinajstić information content (AvgIpc) is 3.63. The van der Waals surface area contributed by atoms with E-state index >= 15 is 0 Å². The maximum absolute atomic E-state index is 13.2. The molecule has 2 atom stereocenters. The van der Waals surface area contributed by atoms with Crippen LogP contribution in [0.1, 0.15) is 35.6 Å². The molecule has 0 amide bonds. The van der Waals surface area contributed by atoms with Crippen molar-refractivity contribution < 1.29 is 33.2 Å². The second kappa shape index (κ2) is 9.05. The minimum atomic E-state index is -0.585. The summed E-state index contributed by atoms with van der Waals surface area (Å²) in [7, 11) is 5.09. The molecule has 0 N–H and O–H groups in total. The molecule has 1 fully saturated rings. The molecule has 1 aromatic rings. The normalized spacial score (nSPS) is 25.5. The fourth-order valence-corrected chi connectivity index (χ4v) is 6.22. The molecule has 0 aromatic heterocycles. The number of likely N-dealkylation sites (N-methyl/N-ethyl adjacent to an activating group) is 1. The number of esters is 1. The Kier molecular flexibility index (Phi) is 5.84. The second-order valence-electron chi connectivity index (χ2n) is 9.73. The largest absolute Gasteiger partial charge is 0.494 e. The Balaban J connectivity index is 1.61. The third-order valence-corrected chi connectivity index (χ3v) is 7.91. The first kappa shape index (κ1) is 23.2. The minimum absolute atomic E-state index is 0.0513. The summed E-state index contributed by atoms with van der Waals surface area (Å²) >= 11 is 0. The van der Waals surface area contributed by atoms with Gasteiger partial charge in [-0.1, -0.05) is 12.7 Å². The summed E-state index contributed by atoms with van der Waals surface area (Å²) in [6.07, 6.45) is 4.35. The zero-order chi connectivity index (χ0) is 25.0. The van der Waals surface area contributed by atoms with Crippen LogP contribution >= 0.6 is 0 Å². The summed E-state index contributed by atoms with van der Waals surface area (Å²) in [5, 5.41) is 0. The Morgan fingerprint density at radius 1 is 1.06 bits per heavy atom. The highest BCUT2D eigenvalue weighted by molar-refractivity contribution is 5.97. The molecule has 5 heterocycles. The van der Waals surface area contributed by atoms with Gasteiger partial charge >= 0.3 is 5.97 Å². The van der Waals surface area contributed by atoms with Crippen molar-refractivity contribution in [3.05, 3.63) is 52.0 Å². The van der Waals surface area contributed by atoms with Crippen molar-refractivity contribution in [1.29, 1.82) is 0 Å². The molecular formula is C27H32N2O7. The number of likely N-dealkylation sites (tertiary alicyclic amines) is 1. The van der Waals surface area contributed by atoms with Crippen LogP contribution in [0.2, 0.25) is 0 Å². The van der Waals surface area contributed by atoms with Crippen LogP contribution in [-0.4, -0.2) is 76.2 Å². The number of carbonyl (C=O) groups excluding carboxylic acids is 1. The van der Waals surface area contributed by atoms with Crippen molar-refractivity contribution in [2.45, 2.75) is 38.0 Å². The zero-order valence-corrected chi connectivity index (χ0v) is 21.1. The highest BCUT2D eigenvalue weighted by Gasteiger charge is 2.48. The van der Waals surface area contributed by atoms with E-state index in [-0.39, 0.29) is 19.4 Å². The highest BCUT2D eigenvalue weighted by atomic mass is 16.7. The summed E-state index contributed by atoms with van der Waals surface area (Å²) < 4.78 is 35.9. The molecule has 1 saturated heterocycles. The Morgan fingerprint density at radius 2 is 1.83 bits per heavy atom. The number of hydrogen-bond acceptors (Lipinski definition) is 9. The fourth-order valence-electron chi connectivity index (χ4n) is 6.22. The van der Waals surface area contributed by atoms with E-state index in [9.17, 15) is 4.79 Å². The Hall–Kier alpha value is -3.17. The Labute approximate surface area is 210 Å². The van der Waals surface area contributed by atoms with Crippen molar-refractivity contribution >= 4 is 5.97 Å². The summed E-state index contributed by atoms with van der Waals surface area (Å²) in [6.45, 7) is 7.95. The molecule has 9 nitrogen and oxygen atoms in total. The molecular weight excluding hydrogens is 464 g/mol. The van der Waals surface area contributed by atoms with Gasteiger partial charge in [0.25, 0.3) is 0 Å². The van der Waals surface area contributed by atoms with Crippen molar-refractivity contribution in [2.75, 3.05) is 54.3 Å². The lowest BCUT2D eigenvalue weighted by atomic mass is 9.82. The quantitative estimate of drug-likeness (QED) is 0.572. The molecule has 9 heteroatoms. The monoisotopic (exact) mass is 496 g/mol. The third kappa shape index (κ3) is 3.40. The molecule has 5 aliphatic heterocycles. The van der Waals surface area contributed by atoms with E-state index in [1.54, 1.807) is 6.08 Å². The molecule has 2 unspecified atom stereocenters. The number of hydrogen-bond donors (Lipinski definition) is 0. The molecule has 6 rings (SSSR count). The number of carbonyl (C=O) groups is 1. The van der Waals surface area contributed by atoms with Crippen LogP contribution in [0.25, 0.3) is 0 Å². The molecule has 0 spiro atoms. The van der Waals surface area contributed by atoms with E-state index < -0.39 is 12.1 Å². The number of methoxy groups -OCH3 is 2.